The van der Waals surface area contributed by atoms with Crippen LogP contribution in [0.5, 0.6) is 0 Å². The fourth-order valence-electron chi connectivity index (χ4n) is 16.4. The maximum Gasteiger partial charge on any atom is 0.159 e. The molecular weight excluding hydrogens is 873 g/mol. The highest BCUT2D eigenvalue weighted by molar-refractivity contribution is 5.99. The van der Waals surface area contributed by atoms with Gasteiger partial charge in [0.25, 0.3) is 0 Å². The van der Waals surface area contributed by atoms with E-state index < -0.39 is 51.9 Å². The van der Waals surface area contributed by atoms with Crippen molar-refractivity contribution in [2.24, 2.45) is 67.5 Å². The summed E-state index contributed by atoms with van der Waals surface area (Å²) in [6.07, 6.45) is 7.87. The normalized spacial score (nSPS) is 47.7. The Hall–Kier alpha value is -2.64. The second kappa shape index (κ2) is 18.8. The van der Waals surface area contributed by atoms with Crippen molar-refractivity contribution in [3.05, 3.63) is 23.3 Å². The number of aliphatic hydroxyl groups is 6. The molecule has 0 bridgehead atoms. The number of Topliss-reactive ketones (excluding diaryl/α,β-unsaturated/α-hetero) is 1. The Morgan fingerprint density at radius 1 is 0.647 bits per heavy atom. The van der Waals surface area contributed by atoms with Crippen LogP contribution in [0.3, 0.4) is 0 Å². The quantitative estimate of drug-likeness (QED) is 0.152. The average molecular weight is 953 g/mol. The van der Waals surface area contributed by atoms with Gasteiger partial charge >= 0.3 is 0 Å². The fraction of sp³-hybridized carbons (Fsp3) is 0.846. The lowest BCUT2D eigenvalue weighted by atomic mass is 9.46. The Labute approximate surface area is 402 Å². The largest absolute Gasteiger partial charge is 0.399 e. The number of hydrogen-bond acceptors (Lipinski definition) is 16. The van der Waals surface area contributed by atoms with Crippen LogP contribution in [-0.2, 0) is 28.7 Å². The molecule has 6 saturated carbocycles. The molecule has 2 heterocycles. The number of carbonyl (C=O) groups excluding carboxylic acids is 2. The molecule has 10 rings (SSSR count). The highest BCUT2D eigenvalue weighted by atomic mass is 16.6. The van der Waals surface area contributed by atoms with Gasteiger partial charge in [0.15, 0.2) is 11.6 Å². The average Bonchev–Trinajstić information content (AvgIpc) is 3.75. The lowest BCUT2D eigenvalue weighted by Crippen LogP contribution is -2.61. The number of ketones is 2. The van der Waals surface area contributed by atoms with E-state index in [1.807, 2.05) is 13.8 Å². The van der Waals surface area contributed by atoms with Gasteiger partial charge in [-0.3, -0.25) is 19.4 Å². The molecule has 0 radical (unpaired) electrons. The highest BCUT2D eigenvalue weighted by Gasteiger charge is 2.69. The molecule has 0 aromatic carbocycles. The monoisotopic (exact) mass is 953 g/mol. The standard InChI is InChI=1S/C27H43N3O6.C25H37NO6/c1-25-15-24(32)23(31)14-20(25)21(28-34-3)13-19-17(25)5-7-26(2)18(6-8-27(19,26)33)22(29-35-4)16-30-9-11-36-12-10-30;1-23-13-21(29)20(28)12-18(23)19(27)11-17-15(23)3-5-24(2)16(4-6-25(17,24)31)22(30)14-26-7-9-32-10-8-26/h13,17-18,20,23-24,31-33H,5-12,14-16H2,1-4H3;11,15-16,18,20-21,28-29,31H,3-10,12-14H2,1-2H3/t17?,18-,20+,23-,24+,25-,26-,27-;15?,16-,18+,20-,21+,23-,24-,25-/m11/s1. The Morgan fingerprint density at radius 2 is 1.13 bits per heavy atom. The minimum absolute atomic E-state index is 0.0153. The number of fused-ring (bicyclic) bond motifs is 10. The fourth-order valence-corrected chi connectivity index (χ4v) is 16.4. The third-order valence-electron chi connectivity index (χ3n) is 20.4. The van der Waals surface area contributed by atoms with E-state index in [9.17, 15) is 40.2 Å². The van der Waals surface area contributed by atoms with Gasteiger partial charge in [-0.2, -0.15) is 0 Å². The predicted octanol–water partition coefficient (Wildman–Crippen LogP) is 3.05. The molecular formula is C52H80N4O12. The zero-order valence-electron chi connectivity index (χ0n) is 41.4. The van der Waals surface area contributed by atoms with Gasteiger partial charge in [0, 0.05) is 67.2 Å². The van der Waals surface area contributed by atoms with Gasteiger partial charge in [-0.25, -0.2) is 0 Å². The van der Waals surface area contributed by atoms with Crippen LogP contribution in [0.2, 0.25) is 0 Å². The summed E-state index contributed by atoms with van der Waals surface area (Å²) in [6, 6.07) is 0. The van der Waals surface area contributed by atoms with Crippen LogP contribution in [0, 0.1) is 57.2 Å². The Morgan fingerprint density at radius 3 is 1.68 bits per heavy atom. The smallest absolute Gasteiger partial charge is 0.159 e. The number of hydrogen-bond donors (Lipinski definition) is 6. The molecule has 0 aromatic heterocycles. The van der Waals surface area contributed by atoms with Crippen molar-refractivity contribution < 1.29 is 59.4 Å². The summed E-state index contributed by atoms with van der Waals surface area (Å²) in [5.74, 6) is -0.254. The van der Waals surface area contributed by atoms with E-state index in [0.29, 0.717) is 58.3 Å². The van der Waals surface area contributed by atoms with Crippen molar-refractivity contribution in [3.63, 3.8) is 0 Å². The number of allylic oxidation sites excluding steroid dienone is 2. The first-order valence-corrected chi connectivity index (χ1v) is 25.8. The van der Waals surface area contributed by atoms with E-state index in [-0.39, 0.29) is 58.9 Å². The highest BCUT2D eigenvalue weighted by Crippen LogP contribution is 2.69. The summed E-state index contributed by atoms with van der Waals surface area (Å²) >= 11 is 0. The van der Waals surface area contributed by atoms with Crippen LogP contribution in [0.15, 0.2) is 33.6 Å². The van der Waals surface area contributed by atoms with E-state index in [1.165, 1.54) is 7.11 Å². The van der Waals surface area contributed by atoms with Gasteiger partial charge < -0.3 is 49.8 Å². The first-order valence-electron chi connectivity index (χ1n) is 25.8. The molecule has 2 saturated heterocycles. The topological polar surface area (TPSA) is 224 Å². The molecule has 16 nitrogen and oxygen atoms in total. The van der Waals surface area contributed by atoms with E-state index >= 15 is 0 Å². The summed E-state index contributed by atoms with van der Waals surface area (Å²) in [4.78, 5) is 41.6. The number of rotatable bonds is 8. The first-order chi connectivity index (χ1) is 32.3. The van der Waals surface area contributed by atoms with Crippen LogP contribution >= 0.6 is 0 Å². The molecule has 2 unspecified atom stereocenters. The van der Waals surface area contributed by atoms with Gasteiger partial charge in [0.1, 0.15) is 14.2 Å². The van der Waals surface area contributed by atoms with Gasteiger partial charge in [-0.1, -0.05) is 38.0 Å². The minimum Gasteiger partial charge on any atom is -0.399 e. The molecule has 68 heavy (non-hydrogen) atoms. The van der Waals surface area contributed by atoms with Gasteiger partial charge in [0.05, 0.1) is 80.0 Å². The van der Waals surface area contributed by atoms with Crippen LogP contribution in [-0.4, -0.2) is 179 Å². The lowest BCUT2D eigenvalue weighted by Gasteiger charge is -2.60. The Bertz CT molecular complexity index is 2050. The Kier molecular flexibility index (Phi) is 13.9. The molecule has 16 heteroatoms. The van der Waals surface area contributed by atoms with Crippen molar-refractivity contribution in [3.8, 4) is 0 Å². The number of oxime groups is 2. The van der Waals surface area contributed by atoms with Crippen LogP contribution in [0.4, 0.5) is 0 Å². The molecule has 0 amide bonds. The van der Waals surface area contributed by atoms with E-state index in [1.54, 1.807) is 13.2 Å². The van der Waals surface area contributed by atoms with Crippen molar-refractivity contribution in [2.45, 2.75) is 140 Å². The number of nitrogens with zero attached hydrogens (tertiary/aromatic N) is 4. The molecule has 8 aliphatic carbocycles. The van der Waals surface area contributed by atoms with Crippen LogP contribution in [0.1, 0.15) is 105 Å². The SMILES string of the molecule is CON=C(CN1CCOCC1)[C@H]1CC[C@@]2(O)C3=CC(=NOC)[C@@H]4C[C@@H](O)[C@@H](O)C[C@]4(C)C3CC[C@]12C.C[C@]12C[C@H](O)[C@H](O)C[C@H]1C(=O)C=C1C2CC[C@]2(C)[C@@H](C(=O)CN3CCOCC3)CC[C@@]12O. The second-order valence-corrected chi connectivity index (χ2v) is 23.5. The van der Waals surface area contributed by atoms with Crippen molar-refractivity contribution in [2.75, 3.05) is 79.9 Å². The first kappa shape index (κ1) is 50.3. The summed E-state index contributed by atoms with van der Waals surface area (Å²) in [5.41, 5.74) is -0.409. The van der Waals surface area contributed by atoms with Crippen molar-refractivity contribution >= 4 is 23.0 Å². The lowest BCUT2D eigenvalue weighted by molar-refractivity contribution is -0.154. The summed E-state index contributed by atoms with van der Waals surface area (Å²) < 4.78 is 10.9. The van der Waals surface area contributed by atoms with Crippen molar-refractivity contribution in [1.29, 1.82) is 0 Å². The van der Waals surface area contributed by atoms with Crippen LogP contribution < -0.4 is 0 Å². The molecule has 8 fully saturated rings. The molecule has 10 aliphatic rings. The molecule has 16 atom stereocenters. The molecule has 0 spiro atoms. The summed E-state index contributed by atoms with van der Waals surface area (Å²) in [6.45, 7) is 15.6. The minimum atomic E-state index is -1.17. The second-order valence-electron chi connectivity index (χ2n) is 23.5. The molecule has 0 aromatic rings. The van der Waals surface area contributed by atoms with Gasteiger partial charge in [-0.05, 0) is 123 Å². The van der Waals surface area contributed by atoms with E-state index in [0.717, 1.165) is 101 Å². The summed E-state index contributed by atoms with van der Waals surface area (Å²) in [5, 5.41) is 75.3. The van der Waals surface area contributed by atoms with Gasteiger partial charge in [-0.15, -0.1) is 0 Å². The number of ether oxygens (including phenoxy) is 2. The van der Waals surface area contributed by atoms with Crippen molar-refractivity contribution in [1.82, 2.24) is 9.80 Å². The zero-order valence-corrected chi connectivity index (χ0v) is 41.4. The van der Waals surface area contributed by atoms with E-state index in [4.69, 9.17) is 19.1 Å². The third-order valence-corrected chi connectivity index (χ3v) is 20.4. The molecule has 6 N–H and O–H groups in total. The molecule has 2 aliphatic heterocycles. The number of morpholine rings is 2. The zero-order chi connectivity index (χ0) is 48.6. The summed E-state index contributed by atoms with van der Waals surface area (Å²) in [7, 11) is 3.13. The van der Waals surface area contributed by atoms with E-state index in [2.05, 4.69) is 40.0 Å². The third kappa shape index (κ3) is 8.01. The Balaban J connectivity index is 0.000000171. The number of aliphatic hydroxyl groups excluding tert-OH is 4. The predicted molar refractivity (Wildman–Crippen MR) is 252 cm³/mol. The van der Waals surface area contributed by atoms with Gasteiger partial charge in [0.2, 0.25) is 0 Å². The maximum absolute atomic E-state index is 13.4. The number of carbonyl (C=O) groups is 2. The maximum atomic E-state index is 13.4. The van der Waals surface area contributed by atoms with Crippen LogP contribution in [0.25, 0.3) is 0 Å². The molecule has 380 valence electrons.